The Labute approximate surface area is 111 Å². The Kier molecular flexibility index (Phi) is 4.54. The first-order chi connectivity index (χ1) is 8.53. The molecule has 1 aromatic rings. The smallest absolute Gasteiger partial charge is 0.241 e. The van der Waals surface area contributed by atoms with Crippen molar-refractivity contribution in [2.24, 2.45) is 0 Å². The van der Waals surface area contributed by atoms with Gasteiger partial charge in [0, 0.05) is 24.1 Å². The predicted octanol–water partition coefficient (Wildman–Crippen LogP) is 0.0392. The third-order valence-corrected chi connectivity index (χ3v) is 4.91. The number of nitrogens with two attached hydrogens (primary N) is 1. The molecule has 0 aliphatic heterocycles. The summed E-state index contributed by atoms with van der Waals surface area (Å²) < 4.78 is 61.2. The normalized spacial score (nSPS) is 12.6. The molecule has 1 rings (SSSR count). The van der Waals surface area contributed by atoms with Crippen molar-refractivity contribution >= 4 is 25.5 Å². The Morgan fingerprint density at radius 2 is 1.84 bits per heavy atom. The second-order valence-corrected chi connectivity index (χ2v) is 8.15. The Morgan fingerprint density at radius 3 is 2.37 bits per heavy atom. The van der Waals surface area contributed by atoms with Crippen LogP contribution in [-0.4, -0.2) is 35.4 Å². The molecule has 0 saturated heterocycles. The van der Waals surface area contributed by atoms with Crippen LogP contribution in [0.3, 0.4) is 0 Å². The van der Waals surface area contributed by atoms with E-state index in [2.05, 4.69) is 4.72 Å². The van der Waals surface area contributed by atoms with Gasteiger partial charge < -0.3 is 5.73 Å². The summed E-state index contributed by atoms with van der Waals surface area (Å²) in [5.41, 5.74) is 5.30. The monoisotopic (exact) mass is 310 g/mol. The summed E-state index contributed by atoms with van der Waals surface area (Å²) in [4.78, 5) is -0.293. The molecule has 0 amide bonds. The van der Waals surface area contributed by atoms with E-state index in [1.807, 2.05) is 0 Å². The first-order valence-electron chi connectivity index (χ1n) is 5.26. The van der Waals surface area contributed by atoms with E-state index < -0.39 is 25.7 Å². The largest absolute Gasteiger partial charge is 0.399 e. The van der Waals surface area contributed by atoms with Crippen LogP contribution in [0.2, 0.25) is 0 Å². The molecule has 0 unspecified atom stereocenters. The molecule has 9 heteroatoms. The Hall–Kier alpha value is -1.19. The number of benzene rings is 1. The summed E-state index contributed by atoms with van der Waals surface area (Å²) >= 11 is 0. The summed E-state index contributed by atoms with van der Waals surface area (Å²) in [7, 11) is -7.27. The van der Waals surface area contributed by atoms with Crippen LogP contribution < -0.4 is 10.5 Å². The molecule has 0 radical (unpaired) electrons. The highest BCUT2D eigenvalue weighted by Gasteiger charge is 2.20. The number of sulfone groups is 1. The van der Waals surface area contributed by atoms with Crippen molar-refractivity contribution in [3.05, 3.63) is 23.5 Å². The zero-order valence-corrected chi connectivity index (χ0v) is 12.1. The van der Waals surface area contributed by atoms with Gasteiger partial charge in [-0.25, -0.2) is 25.9 Å². The second-order valence-electron chi connectivity index (χ2n) is 4.15. The maximum Gasteiger partial charge on any atom is 0.241 e. The van der Waals surface area contributed by atoms with E-state index in [1.165, 1.54) is 6.92 Å². The van der Waals surface area contributed by atoms with Crippen molar-refractivity contribution in [1.82, 2.24) is 4.72 Å². The molecule has 0 fully saturated rings. The second kappa shape index (κ2) is 5.43. The van der Waals surface area contributed by atoms with Gasteiger partial charge in [0.05, 0.1) is 10.6 Å². The molecule has 108 valence electrons. The summed E-state index contributed by atoms with van der Waals surface area (Å²) in [5, 5.41) is 0. The fourth-order valence-electron chi connectivity index (χ4n) is 1.39. The lowest BCUT2D eigenvalue weighted by Crippen LogP contribution is -2.29. The quantitative estimate of drug-likeness (QED) is 0.747. The van der Waals surface area contributed by atoms with E-state index >= 15 is 0 Å². The number of sulfonamides is 1. The first-order valence-corrected chi connectivity index (χ1v) is 8.80. The number of rotatable bonds is 5. The van der Waals surface area contributed by atoms with E-state index in [0.717, 1.165) is 18.4 Å². The van der Waals surface area contributed by atoms with E-state index in [-0.39, 0.29) is 28.4 Å². The molecule has 1 aromatic carbocycles. The fourth-order valence-corrected chi connectivity index (χ4v) is 3.31. The average molecular weight is 310 g/mol. The molecule has 0 bridgehead atoms. The van der Waals surface area contributed by atoms with Crippen molar-refractivity contribution < 1.29 is 21.2 Å². The number of anilines is 1. The van der Waals surface area contributed by atoms with Gasteiger partial charge in [0.15, 0.2) is 0 Å². The summed E-state index contributed by atoms with van der Waals surface area (Å²) in [5.74, 6) is -1.07. The molecule has 0 atom stereocenters. The van der Waals surface area contributed by atoms with Crippen LogP contribution >= 0.6 is 0 Å². The predicted molar refractivity (Wildman–Crippen MR) is 70.4 cm³/mol. The van der Waals surface area contributed by atoms with Crippen molar-refractivity contribution in [2.45, 2.75) is 11.8 Å². The van der Waals surface area contributed by atoms with E-state index in [9.17, 15) is 21.2 Å². The van der Waals surface area contributed by atoms with Crippen LogP contribution in [0, 0.1) is 12.7 Å². The minimum Gasteiger partial charge on any atom is -0.399 e. The summed E-state index contributed by atoms with van der Waals surface area (Å²) in [6.45, 7) is 1.02. The van der Waals surface area contributed by atoms with Gasteiger partial charge in [-0.2, -0.15) is 0 Å². The Bertz CT molecular complexity index is 684. The van der Waals surface area contributed by atoms with Gasteiger partial charge >= 0.3 is 0 Å². The lowest BCUT2D eigenvalue weighted by Gasteiger charge is -2.10. The molecule has 0 aliphatic carbocycles. The van der Waals surface area contributed by atoms with E-state index in [4.69, 9.17) is 5.73 Å². The third-order valence-electron chi connectivity index (χ3n) is 2.37. The highest BCUT2D eigenvalue weighted by atomic mass is 32.2. The molecule has 0 aliphatic rings. The zero-order valence-electron chi connectivity index (χ0n) is 10.5. The molecule has 6 nitrogen and oxygen atoms in total. The van der Waals surface area contributed by atoms with E-state index in [0.29, 0.717) is 0 Å². The van der Waals surface area contributed by atoms with Crippen molar-refractivity contribution in [2.75, 3.05) is 24.3 Å². The van der Waals surface area contributed by atoms with Gasteiger partial charge in [0.2, 0.25) is 10.0 Å². The third kappa shape index (κ3) is 4.44. The minimum absolute atomic E-state index is 0.0217. The molecule has 0 spiro atoms. The van der Waals surface area contributed by atoms with Gasteiger partial charge in [0.1, 0.15) is 15.7 Å². The zero-order chi connectivity index (χ0) is 14.8. The topological polar surface area (TPSA) is 106 Å². The molecule has 0 saturated carbocycles. The van der Waals surface area contributed by atoms with Crippen molar-refractivity contribution in [3.63, 3.8) is 0 Å². The SMILES string of the molecule is Cc1c(F)cc(N)cc1S(=O)(=O)NCCS(C)(=O)=O. The Balaban J connectivity index is 3.02. The van der Waals surface area contributed by atoms with Gasteiger partial charge in [-0.15, -0.1) is 0 Å². The summed E-state index contributed by atoms with van der Waals surface area (Å²) in [6, 6.07) is 2.14. The van der Waals surface area contributed by atoms with E-state index in [1.54, 1.807) is 0 Å². The van der Waals surface area contributed by atoms with Gasteiger partial charge in [-0.05, 0) is 19.1 Å². The Morgan fingerprint density at radius 1 is 1.26 bits per heavy atom. The van der Waals surface area contributed by atoms with Crippen LogP contribution in [0.1, 0.15) is 5.56 Å². The standard InChI is InChI=1S/C10H15FN2O4S2/c1-7-9(11)5-8(12)6-10(7)19(16,17)13-3-4-18(2,14)15/h5-6,13H,3-4,12H2,1-2H3. The molecular formula is C10H15FN2O4S2. The van der Waals surface area contributed by atoms with Crippen molar-refractivity contribution in [1.29, 1.82) is 0 Å². The van der Waals surface area contributed by atoms with Gasteiger partial charge in [-0.3, -0.25) is 0 Å². The molecule has 19 heavy (non-hydrogen) atoms. The van der Waals surface area contributed by atoms with Crippen LogP contribution in [0.15, 0.2) is 17.0 Å². The highest BCUT2D eigenvalue weighted by molar-refractivity contribution is 7.91. The maximum atomic E-state index is 13.4. The van der Waals surface area contributed by atoms with Gasteiger partial charge in [0.25, 0.3) is 0 Å². The molecule has 3 N–H and O–H groups in total. The molecular weight excluding hydrogens is 295 g/mol. The number of hydrogen-bond acceptors (Lipinski definition) is 5. The number of hydrogen-bond donors (Lipinski definition) is 2. The summed E-state index contributed by atoms with van der Waals surface area (Å²) in [6.07, 6.45) is 0.993. The first kappa shape index (κ1) is 15.9. The van der Waals surface area contributed by atoms with Crippen LogP contribution in [-0.2, 0) is 19.9 Å². The molecule has 0 heterocycles. The van der Waals surface area contributed by atoms with Crippen LogP contribution in [0.5, 0.6) is 0 Å². The van der Waals surface area contributed by atoms with Crippen molar-refractivity contribution in [3.8, 4) is 0 Å². The lowest BCUT2D eigenvalue weighted by molar-refractivity contribution is 0.575. The van der Waals surface area contributed by atoms with Crippen LogP contribution in [0.25, 0.3) is 0 Å². The highest BCUT2D eigenvalue weighted by Crippen LogP contribution is 2.21. The van der Waals surface area contributed by atoms with Crippen LogP contribution in [0.4, 0.5) is 10.1 Å². The fraction of sp³-hybridized carbons (Fsp3) is 0.400. The molecule has 0 aromatic heterocycles. The maximum absolute atomic E-state index is 13.4. The number of nitrogens with one attached hydrogen (secondary N) is 1. The van der Waals surface area contributed by atoms with Gasteiger partial charge in [-0.1, -0.05) is 0 Å². The average Bonchev–Trinajstić information content (AvgIpc) is 2.20. The number of halogens is 1. The minimum atomic E-state index is -3.99. The lowest BCUT2D eigenvalue weighted by atomic mass is 10.2. The number of nitrogen functional groups attached to an aromatic ring is 1.